The number of halogens is 1. The molecule has 1 heterocycles. The molecule has 3 rings (SSSR count). The van der Waals surface area contributed by atoms with Crippen molar-refractivity contribution in [3.63, 3.8) is 0 Å². The maximum absolute atomic E-state index is 5.86. The van der Waals surface area contributed by atoms with E-state index < -0.39 is 0 Å². The predicted octanol–water partition coefficient (Wildman–Crippen LogP) is 4.32. The second-order valence-electron chi connectivity index (χ2n) is 4.01. The van der Waals surface area contributed by atoms with Gasteiger partial charge in [0.2, 0.25) is 0 Å². The first-order valence-electron chi connectivity index (χ1n) is 5.85. The van der Waals surface area contributed by atoms with Crippen LogP contribution >= 0.6 is 11.6 Å². The second-order valence-corrected chi connectivity index (χ2v) is 4.45. The first-order valence-corrected chi connectivity index (χ1v) is 6.22. The lowest BCUT2D eigenvalue weighted by Crippen LogP contribution is -1.92. The van der Waals surface area contributed by atoms with Gasteiger partial charge in [0.05, 0.1) is 18.1 Å². The van der Waals surface area contributed by atoms with Crippen LogP contribution in [0.3, 0.4) is 0 Å². The number of hydrogen-bond acceptors (Lipinski definition) is 2. The first-order chi connectivity index (χ1) is 9.31. The number of hydrogen-bond donors (Lipinski definition) is 0. The lowest BCUT2D eigenvalue weighted by molar-refractivity contribution is 0.482. The number of para-hydroxylation sites is 1. The first kappa shape index (κ1) is 11.8. The fourth-order valence-corrected chi connectivity index (χ4v) is 1.84. The van der Waals surface area contributed by atoms with Gasteiger partial charge in [-0.05, 0) is 36.4 Å². The Morgan fingerprint density at radius 2 is 1.63 bits per heavy atom. The summed E-state index contributed by atoms with van der Waals surface area (Å²) in [6.45, 7) is 0. The van der Waals surface area contributed by atoms with Gasteiger partial charge < -0.3 is 4.74 Å². The zero-order valence-electron chi connectivity index (χ0n) is 10.0. The molecule has 2 aromatic carbocycles. The molecule has 3 nitrogen and oxygen atoms in total. The maximum atomic E-state index is 5.86. The van der Waals surface area contributed by atoms with Crippen LogP contribution < -0.4 is 4.74 Å². The largest absolute Gasteiger partial charge is 0.454 e. The van der Waals surface area contributed by atoms with E-state index in [4.69, 9.17) is 16.3 Å². The second kappa shape index (κ2) is 5.16. The van der Waals surface area contributed by atoms with E-state index in [-0.39, 0.29) is 0 Å². The molecule has 0 spiro atoms. The molecule has 0 N–H and O–H groups in total. The fourth-order valence-electron chi connectivity index (χ4n) is 1.72. The predicted molar refractivity (Wildman–Crippen MR) is 75.1 cm³/mol. The molecule has 0 saturated carbocycles. The molecule has 0 aliphatic heterocycles. The molecule has 1 aromatic heterocycles. The van der Waals surface area contributed by atoms with E-state index in [0.717, 1.165) is 11.4 Å². The van der Waals surface area contributed by atoms with Gasteiger partial charge in [0.15, 0.2) is 5.75 Å². The minimum Gasteiger partial charge on any atom is -0.454 e. The monoisotopic (exact) mass is 270 g/mol. The van der Waals surface area contributed by atoms with Gasteiger partial charge in [0.1, 0.15) is 5.75 Å². The molecule has 0 amide bonds. The van der Waals surface area contributed by atoms with Gasteiger partial charge in [-0.25, -0.2) is 4.68 Å². The summed E-state index contributed by atoms with van der Waals surface area (Å²) in [5.41, 5.74) is 0.937. The summed E-state index contributed by atoms with van der Waals surface area (Å²) in [6.07, 6.45) is 3.51. The SMILES string of the molecule is Clc1ccc(-n2cc(Oc3ccccc3)cn2)cc1. The van der Waals surface area contributed by atoms with Gasteiger partial charge >= 0.3 is 0 Å². The highest BCUT2D eigenvalue weighted by Gasteiger charge is 2.02. The molecule has 19 heavy (non-hydrogen) atoms. The fraction of sp³-hybridized carbons (Fsp3) is 0. The standard InChI is InChI=1S/C15H11ClN2O/c16-12-6-8-13(9-7-12)18-11-15(10-17-18)19-14-4-2-1-3-5-14/h1-11H. The van der Waals surface area contributed by atoms with Crippen molar-refractivity contribution in [2.24, 2.45) is 0 Å². The van der Waals surface area contributed by atoms with Crippen molar-refractivity contribution in [1.82, 2.24) is 9.78 Å². The zero-order valence-corrected chi connectivity index (χ0v) is 10.8. The summed E-state index contributed by atoms with van der Waals surface area (Å²) in [5.74, 6) is 1.49. The van der Waals surface area contributed by atoms with Crippen molar-refractivity contribution in [2.75, 3.05) is 0 Å². The number of ether oxygens (including phenoxy) is 1. The Morgan fingerprint density at radius 1 is 0.895 bits per heavy atom. The Labute approximate surface area is 116 Å². The van der Waals surface area contributed by atoms with Crippen LogP contribution in [-0.2, 0) is 0 Å². The molecule has 94 valence electrons. The van der Waals surface area contributed by atoms with Gasteiger partial charge in [0, 0.05) is 5.02 Å². The Bertz CT molecular complexity index is 662. The average molecular weight is 271 g/mol. The molecular weight excluding hydrogens is 260 g/mol. The van der Waals surface area contributed by atoms with Crippen molar-refractivity contribution in [1.29, 1.82) is 0 Å². The molecule has 4 heteroatoms. The molecule has 0 saturated heterocycles. The summed E-state index contributed by atoms with van der Waals surface area (Å²) in [5, 5.41) is 4.97. The van der Waals surface area contributed by atoms with E-state index in [1.807, 2.05) is 60.8 Å². The van der Waals surface area contributed by atoms with Crippen molar-refractivity contribution in [3.05, 3.63) is 72.0 Å². The summed E-state index contributed by atoms with van der Waals surface area (Å²) in [6, 6.07) is 17.1. The third-order valence-electron chi connectivity index (χ3n) is 2.63. The van der Waals surface area contributed by atoms with E-state index in [2.05, 4.69) is 5.10 Å². The van der Waals surface area contributed by atoms with Gasteiger partial charge in [-0.2, -0.15) is 5.10 Å². The highest BCUT2D eigenvalue weighted by atomic mass is 35.5. The number of nitrogens with zero attached hydrogens (tertiary/aromatic N) is 2. The van der Waals surface area contributed by atoms with Gasteiger partial charge in [0.25, 0.3) is 0 Å². The normalized spacial score (nSPS) is 10.4. The Balaban J connectivity index is 1.82. The maximum Gasteiger partial charge on any atom is 0.165 e. The lowest BCUT2D eigenvalue weighted by Gasteiger charge is -2.02. The van der Waals surface area contributed by atoms with Crippen LogP contribution in [-0.4, -0.2) is 9.78 Å². The summed E-state index contributed by atoms with van der Waals surface area (Å²) < 4.78 is 7.44. The third-order valence-corrected chi connectivity index (χ3v) is 2.88. The highest BCUT2D eigenvalue weighted by molar-refractivity contribution is 6.30. The number of rotatable bonds is 3. The summed E-state index contributed by atoms with van der Waals surface area (Å²) in [7, 11) is 0. The quantitative estimate of drug-likeness (QED) is 0.709. The number of aromatic nitrogens is 2. The Hall–Kier alpha value is -2.26. The van der Waals surface area contributed by atoms with Crippen LogP contribution in [0, 0.1) is 0 Å². The molecular formula is C15H11ClN2O. The minimum atomic E-state index is 0.696. The molecule has 3 aromatic rings. The van der Waals surface area contributed by atoms with Crippen molar-refractivity contribution >= 4 is 11.6 Å². The van der Waals surface area contributed by atoms with Crippen molar-refractivity contribution < 1.29 is 4.74 Å². The molecule has 0 radical (unpaired) electrons. The van der Waals surface area contributed by atoms with Gasteiger partial charge in [-0.15, -0.1) is 0 Å². The molecule has 0 fully saturated rings. The van der Waals surface area contributed by atoms with Crippen molar-refractivity contribution in [3.8, 4) is 17.2 Å². The molecule has 0 unspecified atom stereocenters. The lowest BCUT2D eigenvalue weighted by atomic mass is 10.3. The van der Waals surface area contributed by atoms with E-state index in [1.54, 1.807) is 10.9 Å². The van der Waals surface area contributed by atoms with Crippen molar-refractivity contribution in [2.45, 2.75) is 0 Å². The summed E-state index contributed by atoms with van der Waals surface area (Å²) >= 11 is 5.86. The van der Waals surface area contributed by atoms with Crippen LogP contribution in [0.5, 0.6) is 11.5 Å². The topological polar surface area (TPSA) is 27.1 Å². The van der Waals surface area contributed by atoms with E-state index in [1.165, 1.54) is 0 Å². The highest BCUT2D eigenvalue weighted by Crippen LogP contribution is 2.21. The average Bonchev–Trinajstić information content (AvgIpc) is 2.89. The Morgan fingerprint density at radius 3 is 2.37 bits per heavy atom. The smallest absolute Gasteiger partial charge is 0.165 e. The summed E-state index contributed by atoms with van der Waals surface area (Å²) in [4.78, 5) is 0. The van der Waals surface area contributed by atoms with Gasteiger partial charge in [-0.1, -0.05) is 29.8 Å². The zero-order chi connectivity index (χ0) is 13.1. The van der Waals surface area contributed by atoms with Crippen LogP contribution in [0.15, 0.2) is 67.0 Å². The van der Waals surface area contributed by atoms with E-state index in [0.29, 0.717) is 10.8 Å². The molecule has 0 atom stereocenters. The minimum absolute atomic E-state index is 0.696. The van der Waals surface area contributed by atoms with Crippen LogP contribution in [0.2, 0.25) is 5.02 Å². The van der Waals surface area contributed by atoms with Crippen LogP contribution in [0.4, 0.5) is 0 Å². The van der Waals surface area contributed by atoms with Gasteiger partial charge in [-0.3, -0.25) is 0 Å². The van der Waals surface area contributed by atoms with Crippen LogP contribution in [0.25, 0.3) is 5.69 Å². The molecule has 0 aliphatic rings. The number of benzene rings is 2. The Kier molecular flexibility index (Phi) is 3.21. The van der Waals surface area contributed by atoms with E-state index >= 15 is 0 Å². The molecule has 0 aliphatic carbocycles. The van der Waals surface area contributed by atoms with Crippen LogP contribution in [0.1, 0.15) is 0 Å². The third kappa shape index (κ3) is 2.77. The van der Waals surface area contributed by atoms with E-state index in [9.17, 15) is 0 Å². The molecule has 0 bridgehead atoms.